The Labute approximate surface area is 109 Å². The molecule has 0 amide bonds. The minimum absolute atomic E-state index is 0.144. The summed E-state index contributed by atoms with van der Waals surface area (Å²) < 4.78 is 5.29. The number of rotatable bonds is 3. The molecule has 3 rings (SSSR count). The fourth-order valence-corrected chi connectivity index (χ4v) is 3.15. The number of hydrogen-bond acceptors (Lipinski definition) is 3. The number of nitrogens with two attached hydrogens (primary N) is 1. The highest BCUT2D eigenvalue weighted by Crippen LogP contribution is 2.37. The molecule has 1 saturated carbocycles. The van der Waals surface area contributed by atoms with E-state index in [1.807, 2.05) is 6.07 Å². The summed E-state index contributed by atoms with van der Waals surface area (Å²) in [6.07, 6.45) is 4.96. The third kappa shape index (κ3) is 2.02. The maximum absolute atomic E-state index is 6.47. The van der Waals surface area contributed by atoms with Gasteiger partial charge >= 0.3 is 0 Å². The van der Waals surface area contributed by atoms with Crippen molar-refractivity contribution in [2.24, 2.45) is 5.73 Å². The zero-order valence-corrected chi connectivity index (χ0v) is 11.2. The fraction of sp³-hybridized carbons (Fsp3) is 0.600. The van der Waals surface area contributed by atoms with Crippen LogP contribution in [0.1, 0.15) is 36.4 Å². The van der Waals surface area contributed by atoms with Gasteiger partial charge < -0.3 is 10.5 Å². The van der Waals surface area contributed by atoms with Gasteiger partial charge in [-0.15, -0.1) is 0 Å². The van der Waals surface area contributed by atoms with E-state index < -0.39 is 0 Å². The van der Waals surface area contributed by atoms with Gasteiger partial charge in [-0.3, -0.25) is 4.90 Å². The second-order valence-corrected chi connectivity index (χ2v) is 5.59. The Morgan fingerprint density at radius 1 is 1.28 bits per heavy atom. The van der Waals surface area contributed by atoms with Crippen LogP contribution in [0.2, 0.25) is 0 Å². The van der Waals surface area contributed by atoms with E-state index in [0.717, 1.165) is 24.6 Å². The summed E-state index contributed by atoms with van der Waals surface area (Å²) in [5.74, 6) is 0.940. The SMILES string of the molecule is COc1ccc2c(c1)CCC(N(C)C1CC1)C2N. The van der Waals surface area contributed by atoms with Gasteiger partial charge in [-0.05, 0) is 56.0 Å². The summed E-state index contributed by atoms with van der Waals surface area (Å²) in [6.45, 7) is 0. The molecule has 1 fully saturated rings. The Morgan fingerprint density at radius 2 is 2.06 bits per heavy atom. The van der Waals surface area contributed by atoms with E-state index in [9.17, 15) is 0 Å². The lowest BCUT2D eigenvalue weighted by atomic mass is 9.83. The van der Waals surface area contributed by atoms with Crippen LogP contribution in [0.4, 0.5) is 0 Å². The maximum atomic E-state index is 6.47. The molecule has 0 saturated heterocycles. The van der Waals surface area contributed by atoms with Gasteiger partial charge in [0.15, 0.2) is 0 Å². The minimum Gasteiger partial charge on any atom is -0.497 e. The molecule has 2 aliphatic rings. The van der Waals surface area contributed by atoms with Crippen LogP contribution in [-0.4, -0.2) is 31.1 Å². The number of nitrogens with zero attached hydrogens (tertiary/aromatic N) is 1. The van der Waals surface area contributed by atoms with Crippen molar-refractivity contribution in [3.8, 4) is 5.75 Å². The van der Waals surface area contributed by atoms with Crippen LogP contribution in [-0.2, 0) is 6.42 Å². The molecule has 0 radical (unpaired) electrons. The van der Waals surface area contributed by atoms with Crippen molar-refractivity contribution in [1.29, 1.82) is 0 Å². The second-order valence-electron chi connectivity index (χ2n) is 5.59. The molecule has 1 aromatic carbocycles. The minimum atomic E-state index is 0.144. The molecule has 3 nitrogen and oxygen atoms in total. The summed E-state index contributed by atoms with van der Waals surface area (Å²) in [7, 11) is 3.95. The Hall–Kier alpha value is -1.06. The van der Waals surface area contributed by atoms with E-state index in [1.54, 1.807) is 7.11 Å². The summed E-state index contributed by atoms with van der Waals surface area (Å²) in [5.41, 5.74) is 9.13. The first-order valence-corrected chi connectivity index (χ1v) is 6.85. The van der Waals surface area contributed by atoms with Crippen LogP contribution in [0.5, 0.6) is 5.75 Å². The topological polar surface area (TPSA) is 38.5 Å². The molecular formula is C15H22N2O. The predicted molar refractivity (Wildman–Crippen MR) is 72.8 cm³/mol. The molecule has 0 bridgehead atoms. The van der Waals surface area contributed by atoms with Crippen LogP contribution in [0, 0.1) is 0 Å². The van der Waals surface area contributed by atoms with Crippen LogP contribution >= 0.6 is 0 Å². The number of aryl methyl sites for hydroxylation is 1. The monoisotopic (exact) mass is 246 g/mol. The van der Waals surface area contributed by atoms with Gasteiger partial charge in [-0.25, -0.2) is 0 Å². The first-order valence-electron chi connectivity index (χ1n) is 6.85. The molecule has 0 spiro atoms. The van der Waals surface area contributed by atoms with Crippen LogP contribution in [0.25, 0.3) is 0 Å². The van der Waals surface area contributed by atoms with Gasteiger partial charge in [0.1, 0.15) is 5.75 Å². The molecule has 2 aliphatic carbocycles. The van der Waals surface area contributed by atoms with Crippen molar-refractivity contribution < 1.29 is 4.74 Å². The van der Waals surface area contributed by atoms with E-state index in [-0.39, 0.29) is 6.04 Å². The van der Waals surface area contributed by atoms with Gasteiger partial charge in [-0.1, -0.05) is 6.07 Å². The van der Waals surface area contributed by atoms with Crippen LogP contribution < -0.4 is 10.5 Å². The zero-order valence-electron chi connectivity index (χ0n) is 11.2. The average molecular weight is 246 g/mol. The first kappa shape index (κ1) is 12.0. The predicted octanol–water partition coefficient (Wildman–Crippen LogP) is 2.10. The molecule has 0 aromatic heterocycles. The van der Waals surface area contributed by atoms with Crippen LogP contribution in [0.3, 0.4) is 0 Å². The highest BCUT2D eigenvalue weighted by atomic mass is 16.5. The van der Waals surface area contributed by atoms with E-state index in [0.29, 0.717) is 6.04 Å². The molecule has 0 aliphatic heterocycles. The summed E-state index contributed by atoms with van der Waals surface area (Å²) in [4.78, 5) is 2.50. The van der Waals surface area contributed by atoms with Crippen LogP contribution in [0.15, 0.2) is 18.2 Å². The standard InChI is InChI=1S/C15H22N2O/c1-17(11-4-5-11)14-8-3-10-9-12(18-2)6-7-13(10)15(14)16/h6-7,9,11,14-15H,3-5,8,16H2,1-2H3. The zero-order chi connectivity index (χ0) is 12.7. The molecule has 2 atom stereocenters. The summed E-state index contributed by atoms with van der Waals surface area (Å²) >= 11 is 0. The molecule has 2 N–H and O–H groups in total. The molecular weight excluding hydrogens is 224 g/mol. The van der Waals surface area contributed by atoms with Crippen molar-refractivity contribution >= 4 is 0 Å². The lowest BCUT2D eigenvalue weighted by Gasteiger charge is -2.37. The highest BCUT2D eigenvalue weighted by Gasteiger charge is 2.36. The van der Waals surface area contributed by atoms with Crippen molar-refractivity contribution in [3.63, 3.8) is 0 Å². The van der Waals surface area contributed by atoms with Gasteiger partial charge in [0.2, 0.25) is 0 Å². The molecule has 18 heavy (non-hydrogen) atoms. The molecule has 2 unspecified atom stereocenters. The van der Waals surface area contributed by atoms with Crippen molar-refractivity contribution in [1.82, 2.24) is 4.90 Å². The highest BCUT2D eigenvalue weighted by molar-refractivity contribution is 5.40. The largest absolute Gasteiger partial charge is 0.497 e. The number of hydrogen-bond donors (Lipinski definition) is 1. The van der Waals surface area contributed by atoms with Gasteiger partial charge in [0.25, 0.3) is 0 Å². The first-order chi connectivity index (χ1) is 8.70. The number of fused-ring (bicyclic) bond motifs is 1. The normalized spacial score (nSPS) is 27.1. The molecule has 1 aromatic rings. The maximum Gasteiger partial charge on any atom is 0.119 e. The fourth-order valence-electron chi connectivity index (χ4n) is 3.15. The van der Waals surface area contributed by atoms with Crippen molar-refractivity contribution in [2.75, 3.05) is 14.2 Å². The Kier molecular flexibility index (Phi) is 3.04. The summed E-state index contributed by atoms with van der Waals surface area (Å²) in [6, 6.07) is 7.73. The Morgan fingerprint density at radius 3 is 2.72 bits per heavy atom. The smallest absolute Gasteiger partial charge is 0.119 e. The number of likely N-dealkylation sites (N-methyl/N-ethyl adjacent to an activating group) is 1. The Bertz CT molecular complexity index is 442. The quantitative estimate of drug-likeness (QED) is 0.887. The van der Waals surface area contributed by atoms with Crippen molar-refractivity contribution in [3.05, 3.63) is 29.3 Å². The number of ether oxygens (including phenoxy) is 1. The van der Waals surface area contributed by atoms with E-state index >= 15 is 0 Å². The van der Waals surface area contributed by atoms with E-state index in [1.165, 1.54) is 24.0 Å². The second kappa shape index (κ2) is 4.56. The lowest BCUT2D eigenvalue weighted by molar-refractivity contribution is 0.183. The van der Waals surface area contributed by atoms with E-state index in [2.05, 4.69) is 24.1 Å². The Balaban J connectivity index is 1.84. The van der Waals surface area contributed by atoms with Gasteiger partial charge in [0.05, 0.1) is 7.11 Å². The van der Waals surface area contributed by atoms with Gasteiger partial charge in [-0.2, -0.15) is 0 Å². The average Bonchev–Trinajstić information content (AvgIpc) is 3.22. The number of methoxy groups -OCH3 is 1. The third-order valence-corrected chi connectivity index (χ3v) is 4.48. The van der Waals surface area contributed by atoms with Gasteiger partial charge in [0, 0.05) is 18.1 Å². The molecule has 98 valence electrons. The lowest BCUT2D eigenvalue weighted by Crippen LogP contribution is -2.44. The number of benzene rings is 1. The molecule has 3 heteroatoms. The van der Waals surface area contributed by atoms with E-state index in [4.69, 9.17) is 10.5 Å². The third-order valence-electron chi connectivity index (χ3n) is 4.48. The molecule has 0 heterocycles. The summed E-state index contributed by atoms with van der Waals surface area (Å²) in [5, 5.41) is 0. The van der Waals surface area contributed by atoms with Crippen molar-refractivity contribution in [2.45, 2.75) is 43.8 Å².